The van der Waals surface area contributed by atoms with Crippen LogP contribution in [0.5, 0.6) is 0 Å². The minimum atomic E-state index is -0.339. The number of carbonyl (C=O) groups is 1. The van der Waals surface area contributed by atoms with Crippen LogP contribution in [-0.2, 0) is 5.41 Å². The molecule has 0 aliphatic carbocycles. The molecule has 0 unspecified atom stereocenters. The van der Waals surface area contributed by atoms with Crippen LogP contribution in [-0.4, -0.2) is 30.3 Å². The van der Waals surface area contributed by atoms with Crippen molar-refractivity contribution >= 4 is 22.5 Å². The topological polar surface area (TPSA) is 81.9 Å². The van der Waals surface area contributed by atoms with Crippen molar-refractivity contribution in [2.24, 2.45) is 0 Å². The number of aromatic nitrogens is 2. The van der Waals surface area contributed by atoms with Crippen LogP contribution in [0.1, 0.15) is 25.3 Å². The van der Waals surface area contributed by atoms with Gasteiger partial charge in [-0.3, -0.25) is 4.90 Å². The summed E-state index contributed by atoms with van der Waals surface area (Å²) in [5, 5.41) is 20.5. The summed E-state index contributed by atoms with van der Waals surface area (Å²) < 4.78 is 0. The highest BCUT2D eigenvalue weighted by atomic mass is 32.1. The number of hydrogen-bond acceptors (Lipinski definition) is 5. The van der Waals surface area contributed by atoms with Crippen molar-refractivity contribution in [3.05, 3.63) is 5.01 Å². The molecule has 1 aromatic heterocycles. The van der Waals surface area contributed by atoms with Crippen LogP contribution in [0.25, 0.3) is 0 Å². The zero-order chi connectivity index (χ0) is 13.1. The molecule has 0 aromatic carbocycles. The maximum absolute atomic E-state index is 11.4. The minimum absolute atomic E-state index is 0.245. The molecule has 1 rings (SSSR count). The maximum atomic E-state index is 11.4. The fourth-order valence-corrected chi connectivity index (χ4v) is 2.06. The van der Waals surface area contributed by atoms with E-state index in [-0.39, 0.29) is 11.4 Å². The van der Waals surface area contributed by atoms with Gasteiger partial charge in [-0.1, -0.05) is 25.2 Å². The molecule has 1 N–H and O–H groups in total. The van der Waals surface area contributed by atoms with Gasteiger partial charge in [-0.15, -0.1) is 10.2 Å². The maximum Gasteiger partial charge on any atom is 0.323 e. The van der Waals surface area contributed by atoms with E-state index in [4.69, 9.17) is 5.26 Å². The number of anilines is 1. The molecular weight excluding hydrogens is 238 g/mol. The second kappa shape index (κ2) is 5.10. The number of carbonyl (C=O) groups excluding carboxylic acids is 1. The van der Waals surface area contributed by atoms with E-state index in [9.17, 15) is 4.79 Å². The Balaban J connectivity index is 2.93. The molecule has 0 aliphatic heterocycles. The van der Waals surface area contributed by atoms with Crippen LogP contribution in [0, 0.1) is 11.3 Å². The molecule has 0 aliphatic rings. The van der Waals surface area contributed by atoms with Gasteiger partial charge in [0.25, 0.3) is 0 Å². The van der Waals surface area contributed by atoms with Crippen molar-refractivity contribution in [1.29, 1.82) is 5.26 Å². The molecule has 17 heavy (non-hydrogen) atoms. The van der Waals surface area contributed by atoms with Crippen LogP contribution in [0.3, 0.4) is 0 Å². The van der Waals surface area contributed by atoms with Gasteiger partial charge in [0.05, 0.1) is 6.07 Å². The third-order valence-electron chi connectivity index (χ3n) is 2.32. The molecule has 7 heteroatoms. The molecule has 0 spiro atoms. The quantitative estimate of drug-likeness (QED) is 0.885. The lowest BCUT2D eigenvalue weighted by atomic mass is 9.91. The van der Waals surface area contributed by atoms with Crippen molar-refractivity contribution in [2.45, 2.75) is 25.7 Å². The lowest BCUT2D eigenvalue weighted by molar-refractivity contribution is 0.249. The van der Waals surface area contributed by atoms with E-state index >= 15 is 0 Å². The Morgan fingerprint density at radius 1 is 1.59 bits per heavy atom. The van der Waals surface area contributed by atoms with E-state index in [0.29, 0.717) is 11.6 Å². The van der Waals surface area contributed by atoms with Gasteiger partial charge in [-0.25, -0.2) is 4.79 Å². The Morgan fingerprint density at radius 3 is 2.76 bits per heavy atom. The largest absolute Gasteiger partial charge is 0.341 e. The predicted molar refractivity (Wildman–Crippen MR) is 66.0 cm³/mol. The summed E-state index contributed by atoms with van der Waals surface area (Å²) in [4.78, 5) is 12.8. The highest BCUT2D eigenvalue weighted by molar-refractivity contribution is 7.15. The number of nitrogens with zero attached hydrogens (tertiary/aromatic N) is 4. The fraction of sp³-hybridized carbons (Fsp3) is 0.600. The highest BCUT2D eigenvalue weighted by Crippen LogP contribution is 2.32. The molecule has 1 aromatic rings. The lowest BCUT2D eigenvalue weighted by Gasteiger charge is -2.16. The molecular formula is C10H15N5OS. The second-order valence-corrected chi connectivity index (χ2v) is 5.18. The second-order valence-electron chi connectivity index (χ2n) is 4.22. The number of hydrogen-bond donors (Lipinski definition) is 1. The average molecular weight is 253 g/mol. The molecule has 0 atom stereocenters. The Morgan fingerprint density at radius 2 is 2.24 bits per heavy atom. The summed E-state index contributed by atoms with van der Waals surface area (Å²) in [7, 11) is 3.18. The average Bonchev–Trinajstić information content (AvgIpc) is 2.76. The first-order valence-electron chi connectivity index (χ1n) is 5.08. The third-order valence-corrected chi connectivity index (χ3v) is 3.69. The molecule has 6 nitrogen and oxygen atoms in total. The summed E-state index contributed by atoms with van der Waals surface area (Å²) in [6.07, 6.45) is 0.366. The van der Waals surface area contributed by atoms with E-state index in [1.807, 2.05) is 13.8 Å². The van der Waals surface area contributed by atoms with E-state index in [2.05, 4.69) is 21.6 Å². The standard InChI is InChI=1S/C10H15N5OS/c1-10(2,5-6-11)7-13-14-9(17-7)15(4)8(16)12-3/h5H2,1-4H3,(H,12,16). The molecule has 2 amide bonds. The predicted octanol–water partition coefficient (Wildman–Crippen LogP) is 1.50. The minimum Gasteiger partial charge on any atom is -0.341 e. The zero-order valence-electron chi connectivity index (χ0n) is 10.3. The van der Waals surface area contributed by atoms with Crippen LogP contribution < -0.4 is 10.2 Å². The van der Waals surface area contributed by atoms with Crippen molar-refractivity contribution in [1.82, 2.24) is 15.5 Å². The van der Waals surface area contributed by atoms with E-state index in [0.717, 1.165) is 5.01 Å². The van der Waals surface area contributed by atoms with Gasteiger partial charge >= 0.3 is 6.03 Å². The smallest absolute Gasteiger partial charge is 0.323 e. The van der Waals surface area contributed by atoms with Gasteiger partial charge in [0, 0.05) is 25.9 Å². The number of nitriles is 1. The zero-order valence-corrected chi connectivity index (χ0v) is 11.1. The van der Waals surface area contributed by atoms with Crippen LogP contribution in [0.2, 0.25) is 0 Å². The number of rotatable bonds is 3. The van der Waals surface area contributed by atoms with E-state index in [1.54, 1.807) is 14.1 Å². The Hall–Kier alpha value is -1.68. The molecule has 92 valence electrons. The van der Waals surface area contributed by atoms with E-state index in [1.165, 1.54) is 16.2 Å². The normalized spacial score (nSPS) is 10.8. The van der Waals surface area contributed by atoms with Gasteiger partial charge < -0.3 is 5.32 Å². The third kappa shape index (κ3) is 2.91. The number of urea groups is 1. The first kappa shape index (κ1) is 13.4. The van der Waals surface area contributed by atoms with E-state index < -0.39 is 0 Å². The van der Waals surface area contributed by atoms with Gasteiger partial charge in [0.15, 0.2) is 0 Å². The first-order chi connectivity index (χ1) is 7.92. The summed E-state index contributed by atoms with van der Waals surface area (Å²) in [5.41, 5.74) is -0.339. The summed E-state index contributed by atoms with van der Waals surface area (Å²) in [5.74, 6) is 0. The van der Waals surface area contributed by atoms with Crippen molar-refractivity contribution < 1.29 is 4.79 Å². The lowest BCUT2D eigenvalue weighted by Crippen LogP contribution is -2.34. The first-order valence-corrected chi connectivity index (χ1v) is 5.90. The molecule has 0 saturated carbocycles. The summed E-state index contributed by atoms with van der Waals surface area (Å²) >= 11 is 1.32. The van der Waals surface area contributed by atoms with Crippen LogP contribution in [0.4, 0.5) is 9.93 Å². The Kier molecular flexibility index (Phi) is 4.02. The van der Waals surface area contributed by atoms with Crippen molar-refractivity contribution in [2.75, 3.05) is 19.0 Å². The molecule has 0 fully saturated rings. The Labute approximate surface area is 104 Å². The fourth-order valence-electron chi connectivity index (χ4n) is 1.15. The van der Waals surface area contributed by atoms with Crippen LogP contribution in [0.15, 0.2) is 0 Å². The Bertz CT molecular complexity index is 448. The summed E-state index contributed by atoms with van der Waals surface area (Å²) in [6.45, 7) is 3.86. The summed E-state index contributed by atoms with van der Waals surface area (Å²) in [6, 6.07) is 1.88. The molecule has 0 radical (unpaired) electrons. The van der Waals surface area contributed by atoms with Crippen molar-refractivity contribution in [3.63, 3.8) is 0 Å². The SMILES string of the molecule is CNC(=O)N(C)c1nnc(C(C)(C)CC#N)s1. The van der Waals surface area contributed by atoms with Gasteiger partial charge in [0.2, 0.25) is 5.13 Å². The molecule has 0 saturated heterocycles. The van der Waals surface area contributed by atoms with Gasteiger partial charge in [-0.05, 0) is 0 Å². The number of nitrogens with one attached hydrogen (secondary N) is 1. The molecule has 0 bridgehead atoms. The van der Waals surface area contributed by atoms with Crippen molar-refractivity contribution in [3.8, 4) is 6.07 Å². The van der Waals surface area contributed by atoms with Gasteiger partial charge in [-0.2, -0.15) is 5.26 Å². The molecule has 1 heterocycles. The number of amides is 2. The monoisotopic (exact) mass is 253 g/mol. The van der Waals surface area contributed by atoms with Crippen LogP contribution >= 0.6 is 11.3 Å². The highest BCUT2D eigenvalue weighted by Gasteiger charge is 2.26. The van der Waals surface area contributed by atoms with Gasteiger partial charge in [0.1, 0.15) is 5.01 Å².